The topological polar surface area (TPSA) is 109 Å². The van der Waals surface area contributed by atoms with E-state index in [1.807, 2.05) is 0 Å². The molecule has 1 saturated carbocycles. The van der Waals surface area contributed by atoms with Crippen molar-refractivity contribution in [1.82, 2.24) is 10.3 Å². The van der Waals surface area contributed by atoms with Crippen LogP contribution in [0.25, 0.3) is 0 Å². The fraction of sp³-hybridized carbons (Fsp3) is 0.538. The van der Waals surface area contributed by atoms with E-state index in [1.165, 1.54) is 6.07 Å². The number of aromatic nitrogens is 1. The van der Waals surface area contributed by atoms with Crippen molar-refractivity contribution in [3.8, 4) is 0 Å². The number of nitrogens with zero attached hydrogens (tertiary/aromatic N) is 2. The molecule has 8 nitrogen and oxygen atoms in total. The lowest BCUT2D eigenvalue weighted by molar-refractivity contribution is -0.384. The number of hydrogen-bond donors (Lipinski definition) is 3. The van der Waals surface area contributed by atoms with Gasteiger partial charge in [0.2, 0.25) is 11.7 Å². The Hall–Kier alpha value is -2.38. The van der Waals surface area contributed by atoms with Crippen LogP contribution >= 0.6 is 0 Å². The van der Waals surface area contributed by atoms with Crippen LogP contribution in [0.3, 0.4) is 0 Å². The van der Waals surface area contributed by atoms with Gasteiger partial charge in [-0.05, 0) is 25.3 Å². The maximum atomic E-state index is 11.5. The summed E-state index contributed by atoms with van der Waals surface area (Å²) in [5.41, 5.74) is -0.0727. The average Bonchev–Trinajstić information content (AvgIpc) is 3.27. The Balaban J connectivity index is 1.83. The lowest BCUT2D eigenvalue weighted by Gasteiger charge is -2.08. The van der Waals surface area contributed by atoms with Crippen molar-refractivity contribution in [3.63, 3.8) is 0 Å². The predicted molar refractivity (Wildman–Crippen MR) is 79.3 cm³/mol. The van der Waals surface area contributed by atoms with Crippen molar-refractivity contribution < 1.29 is 9.72 Å². The van der Waals surface area contributed by atoms with Gasteiger partial charge in [0.15, 0.2) is 0 Å². The molecule has 8 heteroatoms. The lowest BCUT2D eigenvalue weighted by Crippen LogP contribution is -2.25. The highest BCUT2D eigenvalue weighted by atomic mass is 16.6. The third kappa shape index (κ3) is 4.59. The van der Waals surface area contributed by atoms with E-state index in [1.54, 1.807) is 13.1 Å². The lowest BCUT2D eigenvalue weighted by atomic mass is 10.3. The van der Waals surface area contributed by atoms with E-state index in [0.29, 0.717) is 31.2 Å². The molecule has 1 aliphatic carbocycles. The first-order valence-corrected chi connectivity index (χ1v) is 6.96. The van der Waals surface area contributed by atoms with E-state index in [0.717, 1.165) is 12.8 Å². The first-order valence-electron chi connectivity index (χ1n) is 6.96. The molecule has 1 aliphatic rings. The van der Waals surface area contributed by atoms with E-state index in [4.69, 9.17) is 0 Å². The van der Waals surface area contributed by atoms with Crippen LogP contribution < -0.4 is 16.0 Å². The Morgan fingerprint density at radius 2 is 2.24 bits per heavy atom. The van der Waals surface area contributed by atoms with Gasteiger partial charge >= 0.3 is 5.69 Å². The number of rotatable bonds is 8. The molecule has 114 valence electrons. The third-order valence-corrected chi connectivity index (χ3v) is 3.14. The number of pyridine rings is 1. The molecule has 0 radical (unpaired) electrons. The monoisotopic (exact) mass is 293 g/mol. The van der Waals surface area contributed by atoms with Crippen LogP contribution in [0.5, 0.6) is 0 Å². The zero-order chi connectivity index (χ0) is 15.2. The van der Waals surface area contributed by atoms with Crippen LogP contribution in [0.4, 0.5) is 17.3 Å². The minimum Gasteiger partial charge on any atom is -0.373 e. The summed E-state index contributed by atoms with van der Waals surface area (Å²) in [6.07, 6.45) is 3.14. The first-order chi connectivity index (χ1) is 10.1. The van der Waals surface area contributed by atoms with Gasteiger partial charge < -0.3 is 16.0 Å². The molecule has 1 aromatic rings. The van der Waals surface area contributed by atoms with Crippen molar-refractivity contribution >= 4 is 23.2 Å². The van der Waals surface area contributed by atoms with E-state index in [2.05, 4.69) is 20.9 Å². The van der Waals surface area contributed by atoms with Crippen molar-refractivity contribution in [2.45, 2.75) is 31.7 Å². The SMILES string of the molecule is CNc1ccc([N+](=O)[O-])c(NCCCC(=O)NC2CC2)n1. The maximum Gasteiger partial charge on any atom is 0.311 e. The number of carbonyl (C=O) groups excluding carboxylic acids is 1. The highest BCUT2D eigenvalue weighted by Crippen LogP contribution is 2.23. The zero-order valence-electron chi connectivity index (χ0n) is 11.9. The van der Waals surface area contributed by atoms with Crippen LogP contribution in [0.15, 0.2) is 12.1 Å². The molecule has 21 heavy (non-hydrogen) atoms. The van der Waals surface area contributed by atoms with Gasteiger partial charge in [0.25, 0.3) is 0 Å². The summed E-state index contributed by atoms with van der Waals surface area (Å²) in [5.74, 6) is 0.801. The largest absolute Gasteiger partial charge is 0.373 e. The zero-order valence-corrected chi connectivity index (χ0v) is 11.9. The number of anilines is 2. The van der Waals surface area contributed by atoms with Gasteiger partial charge in [0.05, 0.1) is 4.92 Å². The van der Waals surface area contributed by atoms with Crippen LogP contribution in [0.1, 0.15) is 25.7 Å². The summed E-state index contributed by atoms with van der Waals surface area (Å²) in [5, 5.41) is 19.6. The quantitative estimate of drug-likeness (QED) is 0.381. The van der Waals surface area contributed by atoms with Gasteiger partial charge in [-0.3, -0.25) is 14.9 Å². The predicted octanol–water partition coefficient (Wildman–Crippen LogP) is 1.50. The Kier molecular flexibility index (Phi) is 4.91. The Morgan fingerprint density at radius 3 is 2.86 bits per heavy atom. The Labute approximate surface area is 122 Å². The standard InChI is InChI=1S/C13H19N5O3/c1-14-11-7-6-10(18(20)21)13(17-11)15-8-2-3-12(19)16-9-4-5-9/h6-7,9H,2-5,8H2,1H3,(H,16,19)(H2,14,15,17). The van der Waals surface area contributed by atoms with E-state index in [-0.39, 0.29) is 17.4 Å². The molecule has 0 spiro atoms. The Morgan fingerprint density at radius 1 is 1.48 bits per heavy atom. The highest BCUT2D eigenvalue weighted by Gasteiger charge is 2.22. The van der Waals surface area contributed by atoms with Gasteiger partial charge in [-0.15, -0.1) is 0 Å². The number of amides is 1. The van der Waals surface area contributed by atoms with E-state index >= 15 is 0 Å². The molecule has 3 N–H and O–H groups in total. The van der Waals surface area contributed by atoms with Gasteiger partial charge in [-0.1, -0.05) is 0 Å². The number of carbonyl (C=O) groups is 1. The molecule has 0 atom stereocenters. The average molecular weight is 293 g/mol. The Bertz CT molecular complexity index is 531. The summed E-state index contributed by atoms with van der Waals surface area (Å²) in [4.78, 5) is 26.1. The second-order valence-electron chi connectivity index (χ2n) is 4.94. The highest BCUT2D eigenvalue weighted by molar-refractivity contribution is 5.76. The van der Waals surface area contributed by atoms with Crippen LogP contribution in [0.2, 0.25) is 0 Å². The number of nitrogens with one attached hydrogen (secondary N) is 3. The molecule has 0 saturated heterocycles. The molecule has 0 aliphatic heterocycles. The number of nitro groups is 1. The summed E-state index contributed by atoms with van der Waals surface area (Å²) in [7, 11) is 1.69. The molecular formula is C13H19N5O3. The molecule has 0 aromatic carbocycles. The van der Waals surface area contributed by atoms with Crippen molar-refractivity contribution in [1.29, 1.82) is 0 Å². The molecule has 0 bridgehead atoms. The summed E-state index contributed by atoms with van der Waals surface area (Å²) in [6, 6.07) is 3.31. The fourth-order valence-electron chi connectivity index (χ4n) is 1.85. The molecule has 1 aromatic heterocycles. The van der Waals surface area contributed by atoms with Gasteiger partial charge in [0, 0.05) is 32.1 Å². The third-order valence-electron chi connectivity index (χ3n) is 3.14. The molecule has 1 fully saturated rings. The first kappa shape index (κ1) is 15.0. The van der Waals surface area contributed by atoms with Gasteiger partial charge in [0.1, 0.15) is 5.82 Å². The van der Waals surface area contributed by atoms with Crippen LogP contribution in [-0.2, 0) is 4.79 Å². The van der Waals surface area contributed by atoms with Crippen LogP contribution in [-0.4, -0.2) is 35.4 Å². The minimum absolute atomic E-state index is 0.0331. The second-order valence-corrected chi connectivity index (χ2v) is 4.94. The maximum absolute atomic E-state index is 11.5. The van der Waals surface area contributed by atoms with E-state index in [9.17, 15) is 14.9 Å². The van der Waals surface area contributed by atoms with Crippen molar-refractivity contribution in [2.24, 2.45) is 0 Å². The van der Waals surface area contributed by atoms with Crippen LogP contribution in [0, 0.1) is 10.1 Å². The molecule has 2 rings (SSSR count). The fourth-order valence-corrected chi connectivity index (χ4v) is 1.85. The van der Waals surface area contributed by atoms with Gasteiger partial charge in [-0.25, -0.2) is 4.98 Å². The minimum atomic E-state index is -0.478. The van der Waals surface area contributed by atoms with E-state index < -0.39 is 4.92 Å². The van der Waals surface area contributed by atoms with Gasteiger partial charge in [-0.2, -0.15) is 0 Å². The normalized spacial score (nSPS) is 13.6. The molecule has 1 heterocycles. The van der Waals surface area contributed by atoms with Crippen molar-refractivity contribution in [2.75, 3.05) is 24.2 Å². The smallest absolute Gasteiger partial charge is 0.311 e. The van der Waals surface area contributed by atoms with Crippen molar-refractivity contribution in [3.05, 3.63) is 22.2 Å². The molecular weight excluding hydrogens is 274 g/mol. The second kappa shape index (κ2) is 6.87. The summed E-state index contributed by atoms with van der Waals surface area (Å²) >= 11 is 0. The molecule has 0 unspecified atom stereocenters. The number of hydrogen-bond acceptors (Lipinski definition) is 6. The molecule has 1 amide bonds. The summed E-state index contributed by atoms with van der Waals surface area (Å²) < 4.78 is 0. The summed E-state index contributed by atoms with van der Waals surface area (Å²) in [6.45, 7) is 0.457.